The molecule has 2 heterocycles. The van der Waals surface area contributed by atoms with Gasteiger partial charge in [-0.05, 0) is 49.8 Å². The molecule has 0 spiro atoms. The second-order valence-electron chi connectivity index (χ2n) is 6.27. The summed E-state index contributed by atoms with van der Waals surface area (Å²) in [6.07, 6.45) is 10.2. The minimum absolute atomic E-state index is 0.226. The average Bonchev–Trinajstić information content (AvgIpc) is 3.08. The number of carbonyl (C=O) groups is 1. The van der Waals surface area contributed by atoms with Crippen molar-refractivity contribution in [3.63, 3.8) is 0 Å². The van der Waals surface area contributed by atoms with Crippen molar-refractivity contribution in [1.29, 1.82) is 0 Å². The number of rotatable bonds is 4. The van der Waals surface area contributed by atoms with Crippen LogP contribution in [0, 0.1) is 5.92 Å². The lowest BCUT2D eigenvalue weighted by atomic mass is 10.1. The van der Waals surface area contributed by atoms with E-state index in [0.717, 1.165) is 37.3 Å². The number of amides is 1. The molecule has 0 aromatic carbocycles. The lowest BCUT2D eigenvalue weighted by molar-refractivity contribution is -0.124. The van der Waals surface area contributed by atoms with Crippen LogP contribution in [0.15, 0.2) is 18.3 Å². The number of nitrogens with zero attached hydrogens (tertiary/aromatic N) is 2. The highest BCUT2D eigenvalue weighted by Crippen LogP contribution is 2.25. The Balaban J connectivity index is 1.56. The molecule has 4 nitrogen and oxygen atoms in total. The minimum Gasteiger partial charge on any atom is -0.357 e. The van der Waals surface area contributed by atoms with Crippen molar-refractivity contribution < 1.29 is 4.79 Å². The summed E-state index contributed by atoms with van der Waals surface area (Å²) in [6.45, 7) is 2.83. The third-order valence-electron chi connectivity index (χ3n) is 4.68. The van der Waals surface area contributed by atoms with Gasteiger partial charge in [-0.3, -0.25) is 4.79 Å². The second-order valence-corrected chi connectivity index (χ2v) is 6.27. The Kier molecular flexibility index (Phi) is 4.73. The molecule has 0 bridgehead atoms. The zero-order valence-electron chi connectivity index (χ0n) is 12.7. The van der Waals surface area contributed by atoms with Crippen molar-refractivity contribution in [1.82, 2.24) is 10.3 Å². The number of nitrogens with one attached hydrogen (secondary N) is 1. The number of piperidine rings is 1. The van der Waals surface area contributed by atoms with E-state index in [-0.39, 0.29) is 11.8 Å². The van der Waals surface area contributed by atoms with Crippen LogP contribution in [0.2, 0.25) is 0 Å². The molecule has 1 amide bonds. The first-order valence-electron chi connectivity index (χ1n) is 8.30. The molecular formula is C17H25N3O. The van der Waals surface area contributed by atoms with Crippen LogP contribution in [-0.2, 0) is 11.3 Å². The van der Waals surface area contributed by atoms with Crippen molar-refractivity contribution in [2.75, 3.05) is 18.0 Å². The highest BCUT2D eigenvalue weighted by Gasteiger charge is 2.22. The van der Waals surface area contributed by atoms with Gasteiger partial charge in [0.15, 0.2) is 0 Å². The molecule has 0 radical (unpaired) electrons. The Labute approximate surface area is 126 Å². The third-order valence-corrected chi connectivity index (χ3v) is 4.68. The van der Waals surface area contributed by atoms with Crippen LogP contribution in [0.5, 0.6) is 0 Å². The molecule has 2 fully saturated rings. The van der Waals surface area contributed by atoms with E-state index in [9.17, 15) is 4.79 Å². The molecule has 114 valence electrons. The Morgan fingerprint density at radius 2 is 1.95 bits per heavy atom. The predicted octanol–water partition coefficient (Wildman–Crippen LogP) is 2.88. The molecule has 1 aromatic rings. The first-order valence-corrected chi connectivity index (χ1v) is 8.30. The van der Waals surface area contributed by atoms with Crippen molar-refractivity contribution in [3.8, 4) is 0 Å². The monoisotopic (exact) mass is 287 g/mol. The predicted molar refractivity (Wildman–Crippen MR) is 84.1 cm³/mol. The summed E-state index contributed by atoms with van der Waals surface area (Å²) in [5.41, 5.74) is 1.15. The molecule has 4 heteroatoms. The van der Waals surface area contributed by atoms with Crippen LogP contribution in [0.3, 0.4) is 0 Å². The standard InChI is InChI=1S/C17H25N3O/c21-17(15-6-2-3-7-15)19-13-14-8-9-18-16(12-14)20-10-4-1-5-11-20/h8-9,12,15H,1-7,10-11,13H2,(H,19,21). The van der Waals surface area contributed by atoms with Crippen LogP contribution in [0.25, 0.3) is 0 Å². The summed E-state index contributed by atoms with van der Waals surface area (Å²) in [5, 5.41) is 3.09. The number of carbonyl (C=O) groups excluding carboxylic acids is 1. The Hall–Kier alpha value is -1.58. The van der Waals surface area contributed by atoms with Gasteiger partial charge in [0.05, 0.1) is 0 Å². The number of aromatic nitrogens is 1. The third kappa shape index (κ3) is 3.74. The molecule has 2 aliphatic rings. The van der Waals surface area contributed by atoms with Gasteiger partial charge in [0, 0.05) is 31.7 Å². The summed E-state index contributed by atoms with van der Waals surface area (Å²) in [4.78, 5) is 18.9. The van der Waals surface area contributed by atoms with Crippen LogP contribution < -0.4 is 10.2 Å². The maximum absolute atomic E-state index is 12.1. The maximum atomic E-state index is 12.1. The van der Waals surface area contributed by atoms with Gasteiger partial charge >= 0.3 is 0 Å². The van der Waals surface area contributed by atoms with Crippen molar-refractivity contribution in [3.05, 3.63) is 23.9 Å². The van der Waals surface area contributed by atoms with Gasteiger partial charge in [0.2, 0.25) is 5.91 Å². The van der Waals surface area contributed by atoms with Crippen LogP contribution in [0.1, 0.15) is 50.5 Å². The summed E-state index contributed by atoms with van der Waals surface area (Å²) in [6, 6.07) is 4.13. The molecular weight excluding hydrogens is 262 g/mol. The zero-order chi connectivity index (χ0) is 14.5. The lowest BCUT2D eigenvalue weighted by Crippen LogP contribution is -2.31. The highest BCUT2D eigenvalue weighted by atomic mass is 16.1. The highest BCUT2D eigenvalue weighted by molar-refractivity contribution is 5.78. The molecule has 0 unspecified atom stereocenters. The molecule has 3 rings (SSSR count). The van der Waals surface area contributed by atoms with Gasteiger partial charge in [-0.25, -0.2) is 4.98 Å². The summed E-state index contributed by atoms with van der Waals surface area (Å²) in [7, 11) is 0. The number of hydrogen-bond donors (Lipinski definition) is 1. The summed E-state index contributed by atoms with van der Waals surface area (Å²) >= 11 is 0. The van der Waals surface area contributed by atoms with Crippen molar-refractivity contribution in [2.24, 2.45) is 5.92 Å². The van der Waals surface area contributed by atoms with Crippen LogP contribution in [-0.4, -0.2) is 24.0 Å². The van der Waals surface area contributed by atoms with Crippen molar-refractivity contribution in [2.45, 2.75) is 51.5 Å². The SMILES string of the molecule is O=C(NCc1ccnc(N2CCCCC2)c1)C1CCCC1. The molecule has 0 atom stereocenters. The van der Waals surface area contributed by atoms with E-state index in [1.54, 1.807) is 0 Å². The quantitative estimate of drug-likeness (QED) is 0.926. The topological polar surface area (TPSA) is 45.2 Å². The fourth-order valence-electron chi connectivity index (χ4n) is 3.39. The Morgan fingerprint density at radius 3 is 2.71 bits per heavy atom. The molecule has 1 aliphatic heterocycles. The van der Waals surface area contributed by atoms with Crippen LogP contribution >= 0.6 is 0 Å². The molecule has 1 aliphatic carbocycles. The normalized spacial score (nSPS) is 19.7. The molecule has 1 aromatic heterocycles. The van der Waals surface area contributed by atoms with E-state index in [2.05, 4.69) is 21.3 Å². The molecule has 21 heavy (non-hydrogen) atoms. The first kappa shape index (κ1) is 14.4. The van der Waals surface area contributed by atoms with E-state index in [4.69, 9.17) is 0 Å². The van der Waals surface area contributed by atoms with Crippen molar-refractivity contribution >= 4 is 11.7 Å². The van der Waals surface area contributed by atoms with Crippen LogP contribution in [0.4, 0.5) is 5.82 Å². The number of hydrogen-bond acceptors (Lipinski definition) is 3. The minimum atomic E-state index is 0.226. The second kappa shape index (κ2) is 6.92. The smallest absolute Gasteiger partial charge is 0.223 e. The van der Waals surface area contributed by atoms with Gasteiger partial charge in [-0.15, -0.1) is 0 Å². The molecule has 1 saturated heterocycles. The van der Waals surface area contributed by atoms with E-state index in [0.29, 0.717) is 6.54 Å². The van der Waals surface area contributed by atoms with E-state index in [1.807, 2.05) is 12.3 Å². The fourth-order valence-corrected chi connectivity index (χ4v) is 3.39. The Bertz CT molecular complexity index is 477. The zero-order valence-corrected chi connectivity index (χ0v) is 12.7. The van der Waals surface area contributed by atoms with E-state index in [1.165, 1.54) is 32.1 Å². The number of anilines is 1. The van der Waals surface area contributed by atoms with E-state index < -0.39 is 0 Å². The average molecular weight is 287 g/mol. The maximum Gasteiger partial charge on any atom is 0.223 e. The van der Waals surface area contributed by atoms with Gasteiger partial charge in [0.25, 0.3) is 0 Å². The summed E-state index contributed by atoms with van der Waals surface area (Å²) < 4.78 is 0. The first-order chi connectivity index (χ1) is 10.3. The summed E-state index contributed by atoms with van der Waals surface area (Å²) in [5.74, 6) is 1.53. The molecule has 1 saturated carbocycles. The largest absolute Gasteiger partial charge is 0.357 e. The molecule has 1 N–H and O–H groups in total. The fraction of sp³-hybridized carbons (Fsp3) is 0.647. The van der Waals surface area contributed by atoms with Gasteiger partial charge in [-0.2, -0.15) is 0 Å². The van der Waals surface area contributed by atoms with E-state index >= 15 is 0 Å². The number of pyridine rings is 1. The Morgan fingerprint density at radius 1 is 1.19 bits per heavy atom. The van der Waals surface area contributed by atoms with Gasteiger partial charge in [0.1, 0.15) is 5.82 Å². The van der Waals surface area contributed by atoms with Gasteiger partial charge in [-0.1, -0.05) is 12.8 Å². The van der Waals surface area contributed by atoms with Gasteiger partial charge < -0.3 is 10.2 Å². The lowest BCUT2D eigenvalue weighted by Gasteiger charge is -2.28.